The van der Waals surface area contributed by atoms with Gasteiger partial charge in [-0.3, -0.25) is 9.48 Å². The number of fused-ring (bicyclic) bond motifs is 1. The lowest BCUT2D eigenvalue weighted by atomic mass is 10.1. The van der Waals surface area contributed by atoms with Crippen molar-refractivity contribution in [3.63, 3.8) is 0 Å². The van der Waals surface area contributed by atoms with Crippen molar-refractivity contribution in [1.29, 1.82) is 0 Å². The van der Waals surface area contributed by atoms with Crippen LogP contribution in [0.2, 0.25) is 0 Å². The first-order chi connectivity index (χ1) is 15.8. The van der Waals surface area contributed by atoms with Gasteiger partial charge in [0.15, 0.2) is 0 Å². The molecule has 0 saturated carbocycles. The third kappa shape index (κ3) is 4.87. The van der Waals surface area contributed by atoms with Crippen LogP contribution >= 0.6 is 0 Å². The lowest BCUT2D eigenvalue weighted by Gasteiger charge is -2.14. The summed E-state index contributed by atoms with van der Waals surface area (Å²) < 4.78 is 9.04. The maximum atomic E-state index is 12.6. The second kappa shape index (κ2) is 9.15. The first-order valence-corrected chi connectivity index (χ1v) is 10.6. The smallest absolute Gasteiger partial charge is 0.323 e. The van der Waals surface area contributed by atoms with Gasteiger partial charge >= 0.3 is 6.03 Å². The van der Waals surface area contributed by atoms with E-state index in [0.29, 0.717) is 22.9 Å². The van der Waals surface area contributed by atoms with E-state index in [-0.39, 0.29) is 24.2 Å². The summed E-state index contributed by atoms with van der Waals surface area (Å²) in [6.07, 6.45) is 1.59. The highest BCUT2D eigenvalue weighted by molar-refractivity contribution is 6.01. The Morgan fingerprint density at radius 3 is 2.61 bits per heavy atom. The summed E-state index contributed by atoms with van der Waals surface area (Å²) >= 11 is 0. The fourth-order valence-corrected chi connectivity index (χ4v) is 3.41. The van der Waals surface area contributed by atoms with E-state index in [4.69, 9.17) is 4.74 Å². The van der Waals surface area contributed by atoms with Crippen LogP contribution in [0.15, 0.2) is 59.7 Å². The highest BCUT2D eigenvalue weighted by Gasteiger charge is 2.13. The molecule has 4 aromatic rings. The Labute approximate surface area is 191 Å². The van der Waals surface area contributed by atoms with Gasteiger partial charge in [0.25, 0.3) is 11.3 Å². The molecule has 0 bridgehead atoms. The van der Waals surface area contributed by atoms with Crippen molar-refractivity contribution >= 4 is 23.2 Å². The summed E-state index contributed by atoms with van der Waals surface area (Å²) in [5, 5.41) is 5.69. The number of aryl methyl sites for hydroxylation is 2. The molecule has 33 heavy (non-hydrogen) atoms. The molecule has 9 heteroatoms. The van der Waals surface area contributed by atoms with Gasteiger partial charge in [0.2, 0.25) is 0 Å². The summed E-state index contributed by atoms with van der Waals surface area (Å²) in [6, 6.07) is 14.1. The Morgan fingerprint density at radius 2 is 1.82 bits per heavy atom. The summed E-state index contributed by atoms with van der Waals surface area (Å²) in [5.41, 5.74) is 3.48. The van der Waals surface area contributed by atoms with Crippen LogP contribution in [-0.2, 0) is 6.61 Å². The zero-order valence-corrected chi connectivity index (χ0v) is 19.0. The number of rotatable bonds is 6. The molecule has 0 atom stereocenters. The largest absolute Gasteiger partial charge is 0.485 e. The molecule has 2 aromatic carbocycles. The first kappa shape index (κ1) is 22.1. The molecule has 0 spiro atoms. The molecule has 0 aliphatic heterocycles. The number of para-hydroxylation sites is 2. The maximum absolute atomic E-state index is 12.6. The van der Waals surface area contributed by atoms with Crippen LogP contribution in [0.1, 0.15) is 36.7 Å². The van der Waals surface area contributed by atoms with E-state index in [0.717, 1.165) is 16.8 Å². The molecule has 0 aliphatic rings. The molecule has 2 amide bonds. The zero-order chi connectivity index (χ0) is 23.5. The summed E-state index contributed by atoms with van der Waals surface area (Å²) in [7, 11) is 0. The Kier molecular flexibility index (Phi) is 6.12. The van der Waals surface area contributed by atoms with Gasteiger partial charge in [-0.05, 0) is 57.0 Å². The van der Waals surface area contributed by atoms with Crippen LogP contribution in [0.3, 0.4) is 0 Å². The standard InChI is InChI=1S/C24H26N6O3/c1-15(2)29-14-25-23-26-18(12-22(31)30(23)29)13-33-21-8-6-5-7-19(21)27-24(32)28-20-11-16(3)9-10-17(20)4/h5-12,14-15H,13H2,1-4H3,(H2,27,28,32). The minimum Gasteiger partial charge on any atom is -0.485 e. The van der Waals surface area contributed by atoms with Gasteiger partial charge in [-0.25, -0.2) is 9.78 Å². The van der Waals surface area contributed by atoms with Gasteiger partial charge in [-0.2, -0.15) is 9.50 Å². The van der Waals surface area contributed by atoms with E-state index in [1.165, 1.54) is 10.6 Å². The van der Waals surface area contributed by atoms with Crippen LogP contribution < -0.4 is 20.9 Å². The number of carbonyl (C=O) groups is 1. The van der Waals surface area contributed by atoms with Crippen molar-refractivity contribution in [2.24, 2.45) is 0 Å². The number of anilines is 2. The summed E-state index contributed by atoms with van der Waals surface area (Å²) in [6.45, 7) is 7.88. The van der Waals surface area contributed by atoms with Gasteiger partial charge in [-0.1, -0.05) is 24.3 Å². The van der Waals surface area contributed by atoms with Crippen LogP contribution in [0.4, 0.5) is 16.2 Å². The third-order valence-electron chi connectivity index (χ3n) is 5.14. The van der Waals surface area contributed by atoms with E-state index in [2.05, 4.69) is 20.6 Å². The highest BCUT2D eigenvalue weighted by Crippen LogP contribution is 2.25. The monoisotopic (exact) mass is 446 g/mol. The second-order valence-corrected chi connectivity index (χ2v) is 8.10. The predicted molar refractivity (Wildman–Crippen MR) is 127 cm³/mol. The van der Waals surface area contributed by atoms with Crippen molar-refractivity contribution in [2.75, 3.05) is 10.6 Å². The Balaban J connectivity index is 1.48. The number of benzene rings is 2. The molecular formula is C24H26N6O3. The molecule has 9 nitrogen and oxygen atoms in total. The molecule has 0 saturated heterocycles. The molecule has 0 radical (unpaired) electrons. The minimum atomic E-state index is -0.378. The molecule has 0 fully saturated rings. The number of hydrogen-bond donors (Lipinski definition) is 2. The van der Waals surface area contributed by atoms with Crippen molar-refractivity contribution in [3.05, 3.63) is 82.0 Å². The molecular weight excluding hydrogens is 420 g/mol. The number of hydrogen-bond acceptors (Lipinski definition) is 5. The molecule has 4 rings (SSSR count). The molecule has 170 valence electrons. The number of amides is 2. The molecule has 0 unspecified atom stereocenters. The number of nitrogens with one attached hydrogen (secondary N) is 2. The maximum Gasteiger partial charge on any atom is 0.323 e. The average Bonchev–Trinajstić information content (AvgIpc) is 3.21. The Hall–Kier alpha value is -4.14. The number of ether oxygens (including phenoxy) is 1. The minimum absolute atomic E-state index is 0.0532. The quantitative estimate of drug-likeness (QED) is 0.459. The lowest BCUT2D eigenvalue weighted by molar-refractivity contribution is 0.261. The Morgan fingerprint density at radius 1 is 1.06 bits per heavy atom. The average molecular weight is 447 g/mol. The van der Waals surface area contributed by atoms with Gasteiger partial charge in [0.1, 0.15) is 18.7 Å². The van der Waals surface area contributed by atoms with E-state index in [9.17, 15) is 9.59 Å². The number of carbonyl (C=O) groups excluding carboxylic acids is 1. The molecule has 0 aliphatic carbocycles. The molecule has 2 aromatic heterocycles. The van der Waals surface area contributed by atoms with Crippen molar-refractivity contribution in [2.45, 2.75) is 40.3 Å². The lowest BCUT2D eigenvalue weighted by Crippen LogP contribution is -2.23. The first-order valence-electron chi connectivity index (χ1n) is 10.6. The normalized spacial score (nSPS) is 11.1. The van der Waals surface area contributed by atoms with Crippen LogP contribution in [0.25, 0.3) is 5.78 Å². The number of urea groups is 1. The topological polar surface area (TPSA) is 103 Å². The number of nitrogens with zero attached hydrogens (tertiary/aromatic N) is 4. The van der Waals surface area contributed by atoms with E-state index in [1.807, 2.05) is 45.9 Å². The van der Waals surface area contributed by atoms with Gasteiger partial charge in [0, 0.05) is 17.8 Å². The van der Waals surface area contributed by atoms with Gasteiger partial charge < -0.3 is 15.4 Å². The predicted octanol–water partition coefficient (Wildman–Crippen LogP) is 4.31. The van der Waals surface area contributed by atoms with Crippen molar-refractivity contribution in [3.8, 4) is 5.75 Å². The van der Waals surface area contributed by atoms with E-state index in [1.54, 1.807) is 35.3 Å². The highest BCUT2D eigenvalue weighted by atomic mass is 16.5. The van der Waals surface area contributed by atoms with Gasteiger partial charge in [-0.15, -0.1) is 0 Å². The van der Waals surface area contributed by atoms with E-state index >= 15 is 0 Å². The zero-order valence-electron chi connectivity index (χ0n) is 19.0. The summed E-state index contributed by atoms with van der Waals surface area (Å²) in [4.78, 5) is 33.8. The van der Waals surface area contributed by atoms with Crippen LogP contribution in [0.5, 0.6) is 5.75 Å². The van der Waals surface area contributed by atoms with Crippen LogP contribution in [0, 0.1) is 13.8 Å². The fraction of sp³-hybridized carbons (Fsp3) is 0.250. The number of aromatic nitrogens is 4. The second-order valence-electron chi connectivity index (χ2n) is 8.10. The fourth-order valence-electron chi connectivity index (χ4n) is 3.41. The van der Waals surface area contributed by atoms with Gasteiger partial charge in [0.05, 0.1) is 11.4 Å². The Bertz CT molecular complexity index is 1370. The van der Waals surface area contributed by atoms with E-state index < -0.39 is 0 Å². The van der Waals surface area contributed by atoms with Crippen LogP contribution in [-0.4, -0.2) is 25.2 Å². The SMILES string of the molecule is Cc1ccc(C)c(NC(=O)Nc2ccccc2OCc2cc(=O)n3c(ncn3C(C)C)n2)c1. The van der Waals surface area contributed by atoms with Crippen molar-refractivity contribution in [1.82, 2.24) is 19.2 Å². The van der Waals surface area contributed by atoms with Crippen molar-refractivity contribution < 1.29 is 9.53 Å². The third-order valence-corrected chi connectivity index (χ3v) is 5.14. The molecule has 2 N–H and O–H groups in total. The summed E-state index contributed by atoms with van der Waals surface area (Å²) in [5.74, 6) is 0.775. The molecule has 2 heterocycles.